The highest BCUT2D eigenvalue weighted by Crippen LogP contribution is 2.41. The summed E-state index contributed by atoms with van der Waals surface area (Å²) in [5.74, 6) is -2.10. The Kier molecular flexibility index (Phi) is 3.07. The molecule has 0 amide bonds. The number of ether oxygens (including phenoxy) is 1. The number of likely N-dealkylation sites (tertiary alicyclic amines) is 1. The van der Waals surface area contributed by atoms with Crippen LogP contribution in [0.1, 0.15) is 12.8 Å². The third kappa shape index (κ3) is 2.40. The fourth-order valence-electron chi connectivity index (χ4n) is 2.32. The molecule has 17 heavy (non-hydrogen) atoms. The molecule has 1 atom stereocenters. The number of rotatable bonds is 1. The van der Waals surface area contributed by atoms with Crippen molar-refractivity contribution in [2.75, 3.05) is 26.7 Å². The number of halogens is 3. The van der Waals surface area contributed by atoms with Gasteiger partial charge < -0.3 is 9.64 Å². The lowest BCUT2D eigenvalue weighted by Gasteiger charge is -2.52. The number of piperidine rings is 1. The molecule has 7 heteroatoms. The molecule has 0 radical (unpaired) electrons. The molecule has 0 aromatic heterocycles. The molecule has 98 valence electrons. The summed E-state index contributed by atoms with van der Waals surface area (Å²) < 4.78 is 40.7. The van der Waals surface area contributed by atoms with E-state index in [-0.39, 0.29) is 5.41 Å². The van der Waals surface area contributed by atoms with Gasteiger partial charge in [0.05, 0.1) is 0 Å². The molecule has 0 aromatic rings. The van der Waals surface area contributed by atoms with Crippen LogP contribution in [0.2, 0.25) is 0 Å². The van der Waals surface area contributed by atoms with E-state index in [1.807, 2.05) is 7.05 Å². The van der Waals surface area contributed by atoms with Gasteiger partial charge >= 0.3 is 12.1 Å². The van der Waals surface area contributed by atoms with Crippen LogP contribution in [0.5, 0.6) is 0 Å². The minimum Gasteiger partial charge on any atom is -0.439 e. The number of alkyl halides is 3. The first-order valence-electron chi connectivity index (χ1n) is 5.53. The Morgan fingerprint density at radius 2 is 2.00 bits per heavy atom. The Labute approximate surface area is 97.1 Å². The molecule has 2 rings (SSSR count). The number of carbonyl (C=O) groups excluding carboxylic acids is 1. The highest BCUT2D eigenvalue weighted by Gasteiger charge is 2.53. The van der Waals surface area contributed by atoms with Crippen molar-refractivity contribution in [3.05, 3.63) is 0 Å². The first kappa shape index (κ1) is 12.6. The molecule has 0 aromatic carbocycles. The smallest absolute Gasteiger partial charge is 0.439 e. The number of hydrogen-bond acceptors (Lipinski definition) is 4. The first-order valence-corrected chi connectivity index (χ1v) is 5.53. The number of nitrogens with one attached hydrogen (secondary N) is 1. The van der Waals surface area contributed by atoms with Crippen LogP contribution in [-0.2, 0) is 9.53 Å². The van der Waals surface area contributed by atoms with Crippen LogP contribution in [-0.4, -0.2) is 50.0 Å². The Balaban J connectivity index is 1.93. The summed E-state index contributed by atoms with van der Waals surface area (Å²) in [7, 11) is 1.97. The molecule has 2 fully saturated rings. The molecule has 2 aliphatic heterocycles. The van der Waals surface area contributed by atoms with Crippen molar-refractivity contribution in [2.24, 2.45) is 5.41 Å². The predicted octanol–water partition coefficient (Wildman–Crippen LogP) is 0.733. The zero-order valence-corrected chi connectivity index (χ0v) is 9.51. The Morgan fingerprint density at radius 3 is 2.41 bits per heavy atom. The van der Waals surface area contributed by atoms with Crippen molar-refractivity contribution in [2.45, 2.75) is 25.2 Å². The second-order valence-electron chi connectivity index (χ2n) is 4.83. The van der Waals surface area contributed by atoms with Gasteiger partial charge in [0.2, 0.25) is 0 Å². The van der Waals surface area contributed by atoms with E-state index in [1.165, 1.54) is 0 Å². The summed E-state index contributed by atoms with van der Waals surface area (Å²) >= 11 is 0. The summed E-state index contributed by atoms with van der Waals surface area (Å²) in [6.07, 6.45) is -4.19. The minimum atomic E-state index is -4.91. The number of nitrogens with zero attached hydrogens (tertiary/aromatic N) is 1. The van der Waals surface area contributed by atoms with Gasteiger partial charge in [-0.2, -0.15) is 13.2 Å². The van der Waals surface area contributed by atoms with E-state index in [2.05, 4.69) is 15.0 Å². The molecule has 0 aliphatic carbocycles. The molecule has 1 spiro atoms. The highest BCUT2D eigenvalue weighted by atomic mass is 19.4. The molecule has 2 aliphatic rings. The van der Waals surface area contributed by atoms with Crippen LogP contribution in [0, 0.1) is 5.41 Å². The monoisotopic (exact) mass is 252 g/mol. The van der Waals surface area contributed by atoms with Crippen LogP contribution in [0.4, 0.5) is 13.2 Å². The van der Waals surface area contributed by atoms with Crippen LogP contribution >= 0.6 is 0 Å². The lowest BCUT2D eigenvalue weighted by Crippen LogP contribution is -2.67. The van der Waals surface area contributed by atoms with E-state index >= 15 is 0 Å². The predicted molar refractivity (Wildman–Crippen MR) is 53.1 cm³/mol. The summed E-state index contributed by atoms with van der Waals surface area (Å²) in [6, 6.07) is 0. The topological polar surface area (TPSA) is 41.6 Å². The maximum absolute atomic E-state index is 12.1. The van der Waals surface area contributed by atoms with Crippen molar-refractivity contribution in [3.63, 3.8) is 0 Å². The van der Waals surface area contributed by atoms with Gasteiger partial charge in [0.25, 0.3) is 0 Å². The van der Waals surface area contributed by atoms with Gasteiger partial charge in [-0.1, -0.05) is 0 Å². The Hall–Kier alpha value is -0.820. The molecule has 4 nitrogen and oxygen atoms in total. The van der Waals surface area contributed by atoms with Gasteiger partial charge in [0.1, 0.15) is 0 Å². The van der Waals surface area contributed by atoms with Crippen molar-refractivity contribution in [3.8, 4) is 0 Å². The van der Waals surface area contributed by atoms with Crippen molar-refractivity contribution in [1.82, 2.24) is 10.2 Å². The number of carbonyl (C=O) groups is 1. The Morgan fingerprint density at radius 1 is 1.41 bits per heavy atom. The van der Waals surface area contributed by atoms with E-state index in [4.69, 9.17) is 0 Å². The average Bonchev–Trinajstić information content (AvgIpc) is 2.24. The summed E-state index contributed by atoms with van der Waals surface area (Å²) in [4.78, 5) is 12.9. The molecular weight excluding hydrogens is 237 g/mol. The van der Waals surface area contributed by atoms with E-state index in [0.29, 0.717) is 6.54 Å². The van der Waals surface area contributed by atoms with Crippen LogP contribution in [0.15, 0.2) is 0 Å². The zero-order chi connectivity index (χ0) is 12.7. The minimum absolute atomic E-state index is 0.298. The molecular formula is C10H15F3N2O2. The maximum atomic E-state index is 12.1. The zero-order valence-electron chi connectivity index (χ0n) is 9.51. The van der Waals surface area contributed by atoms with Crippen LogP contribution in [0.3, 0.4) is 0 Å². The van der Waals surface area contributed by atoms with Crippen LogP contribution in [0.25, 0.3) is 0 Å². The van der Waals surface area contributed by atoms with Gasteiger partial charge in [0, 0.05) is 12.0 Å². The summed E-state index contributed by atoms with van der Waals surface area (Å²) in [6.45, 7) is 2.26. The molecule has 2 heterocycles. The molecule has 1 unspecified atom stereocenters. The second-order valence-corrected chi connectivity index (χ2v) is 4.83. The van der Waals surface area contributed by atoms with E-state index < -0.39 is 18.4 Å². The van der Waals surface area contributed by atoms with E-state index in [9.17, 15) is 18.0 Å². The number of hydrogen-bond donors (Lipinski definition) is 1. The second kappa shape index (κ2) is 4.13. The first-order chi connectivity index (χ1) is 7.83. The average molecular weight is 252 g/mol. The standard InChI is InChI=1S/C10H15F3N2O2/c1-15-4-2-9(3-5-15)6-14-7(9)17-8(16)10(11,12)13/h7,14H,2-6H2,1H3. The van der Waals surface area contributed by atoms with Crippen molar-refractivity contribution >= 4 is 5.97 Å². The molecule has 0 saturated carbocycles. The van der Waals surface area contributed by atoms with Gasteiger partial charge in [-0.05, 0) is 33.0 Å². The van der Waals surface area contributed by atoms with Gasteiger partial charge in [-0.3, -0.25) is 5.32 Å². The fourth-order valence-corrected chi connectivity index (χ4v) is 2.32. The lowest BCUT2D eigenvalue weighted by molar-refractivity contribution is -0.224. The third-order valence-corrected chi connectivity index (χ3v) is 3.63. The Bertz CT molecular complexity index is 311. The summed E-state index contributed by atoms with van der Waals surface area (Å²) in [5.41, 5.74) is -0.298. The van der Waals surface area contributed by atoms with Crippen molar-refractivity contribution in [1.29, 1.82) is 0 Å². The SMILES string of the molecule is CN1CCC2(CC1)CNC2OC(=O)C(F)(F)F. The quantitative estimate of drug-likeness (QED) is 0.699. The normalized spacial score (nSPS) is 28.8. The van der Waals surface area contributed by atoms with Crippen LogP contribution < -0.4 is 5.32 Å². The largest absolute Gasteiger partial charge is 0.490 e. The highest BCUT2D eigenvalue weighted by molar-refractivity contribution is 5.75. The lowest BCUT2D eigenvalue weighted by atomic mass is 9.71. The fraction of sp³-hybridized carbons (Fsp3) is 0.900. The molecule has 1 N–H and O–H groups in total. The third-order valence-electron chi connectivity index (χ3n) is 3.63. The van der Waals surface area contributed by atoms with Gasteiger partial charge in [0.15, 0.2) is 6.23 Å². The van der Waals surface area contributed by atoms with E-state index in [0.717, 1.165) is 25.9 Å². The summed E-state index contributed by atoms with van der Waals surface area (Å²) in [5, 5.41) is 2.76. The maximum Gasteiger partial charge on any atom is 0.490 e. The van der Waals surface area contributed by atoms with Gasteiger partial charge in [-0.25, -0.2) is 4.79 Å². The number of esters is 1. The molecule has 0 bridgehead atoms. The van der Waals surface area contributed by atoms with Crippen molar-refractivity contribution < 1.29 is 22.7 Å². The molecule has 2 saturated heterocycles. The van der Waals surface area contributed by atoms with Gasteiger partial charge in [-0.15, -0.1) is 0 Å². The van der Waals surface area contributed by atoms with E-state index in [1.54, 1.807) is 0 Å².